The van der Waals surface area contributed by atoms with E-state index in [1.54, 1.807) is 0 Å². The molecule has 14 heavy (non-hydrogen) atoms. The maximum Gasteiger partial charge on any atom is 0.216 e. The number of halogens is 3. The summed E-state index contributed by atoms with van der Waals surface area (Å²) in [5, 5.41) is 5.65. The van der Waals surface area contributed by atoms with E-state index >= 15 is 0 Å². The van der Waals surface area contributed by atoms with E-state index in [0.717, 1.165) is 0 Å². The first-order valence-electron chi connectivity index (χ1n) is 3.70. The van der Waals surface area contributed by atoms with Crippen molar-refractivity contribution >= 4 is 26.8 Å². The summed E-state index contributed by atoms with van der Waals surface area (Å²) in [4.78, 5) is 0. The van der Waals surface area contributed by atoms with Crippen LogP contribution in [0.1, 0.15) is 0 Å². The highest BCUT2D eigenvalue weighted by molar-refractivity contribution is 9.10. The topological polar surface area (TPSA) is 37.9 Å². The van der Waals surface area contributed by atoms with E-state index in [1.165, 1.54) is 13.2 Å². The lowest BCUT2D eigenvalue weighted by atomic mass is 10.2. The Labute approximate surface area is 86.2 Å². The summed E-state index contributed by atoms with van der Waals surface area (Å²) in [6.07, 6.45) is 0. The molecule has 0 radical (unpaired) electrons. The first kappa shape index (κ1) is 9.39. The van der Waals surface area contributed by atoms with Gasteiger partial charge < -0.3 is 4.74 Å². The van der Waals surface area contributed by atoms with Crippen LogP contribution in [-0.2, 0) is 0 Å². The number of aromatic nitrogens is 2. The Kier molecular flexibility index (Phi) is 2.14. The lowest BCUT2D eigenvalue weighted by Gasteiger charge is -2.03. The number of aromatic amines is 1. The number of benzene rings is 1. The molecule has 74 valence electrons. The van der Waals surface area contributed by atoms with Crippen molar-refractivity contribution in [2.24, 2.45) is 0 Å². The Bertz CT molecular complexity index is 498. The Morgan fingerprint density at radius 1 is 1.50 bits per heavy atom. The van der Waals surface area contributed by atoms with Crippen molar-refractivity contribution in [3.05, 3.63) is 22.3 Å². The Hall–Kier alpha value is -1.17. The van der Waals surface area contributed by atoms with E-state index in [9.17, 15) is 8.78 Å². The second kappa shape index (κ2) is 3.20. The molecular formula is C8H5BrF2N2O. The molecule has 0 atom stereocenters. The first-order valence-corrected chi connectivity index (χ1v) is 4.50. The van der Waals surface area contributed by atoms with Gasteiger partial charge >= 0.3 is 0 Å². The zero-order chi connectivity index (χ0) is 10.3. The van der Waals surface area contributed by atoms with Crippen molar-refractivity contribution in [2.75, 3.05) is 7.11 Å². The molecule has 0 saturated heterocycles. The quantitative estimate of drug-likeness (QED) is 0.858. The predicted molar refractivity (Wildman–Crippen MR) is 50.3 cm³/mol. The number of nitrogens with zero attached hydrogens (tertiary/aromatic N) is 1. The van der Waals surface area contributed by atoms with Crippen molar-refractivity contribution in [1.29, 1.82) is 0 Å². The van der Waals surface area contributed by atoms with E-state index in [1.807, 2.05) is 0 Å². The zero-order valence-electron chi connectivity index (χ0n) is 7.07. The third kappa shape index (κ3) is 1.18. The van der Waals surface area contributed by atoms with Crippen molar-refractivity contribution < 1.29 is 13.5 Å². The lowest BCUT2D eigenvalue weighted by Crippen LogP contribution is -1.90. The fourth-order valence-electron chi connectivity index (χ4n) is 1.22. The van der Waals surface area contributed by atoms with Gasteiger partial charge in [0.05, 0.1) is 17.0 Å². The molecular weight excluding hydrogens is 258 g/mol. The number of rotatable bonds is 1. The molecule has 3 nitrogen and oxygen atoms in total. The minimum atomic E-state index is -0.683. The van der Waals surface area contributed by atoms with E-state index < -0.39 is 11.8 Å². The summed E-state index contributed by atoms with van der Waals surface area (Å²) < 4.78 is 31.7. The third-order valence-corrected chi connectivity index (χ3v) is 2.45. The maximum atomic E-state index is 13.5. The maximum absolute atomic E-state index is 13.5. The van der Waals surface area contributed by atoms with Gasteiger partial charge in [-0.1, -0.05) is 0 Å². The fraction of sp³-hybridized carbons (Fsp3) is 0.125. The van der Waals surface area contributed by atoms with E-state index in [4.69, 9.17) is 4.74 Å². The average molecular weight is 263 g/mol. The second-order valence-corrected chi connectivity index (χ2v) is 3.49. The number of H-pyrrole nitrogens is 1. The van der Waals surface area contributed by atoms with Gasteiger partial charge in [0.25, 0.3) is 0 Å². The molecule has 0 spiro atoms. The van der Waals surface area contributed by atoms with Gasteiger partial charge in [0.2, 0.25) is 5.95 Å². The summed E-state index contributed by atoms with van der Waals surface area (Å²) >= 11 is 3.07. The molecule has 0 amide bonds. The summed E-state index contributed by atoms with van der Waals surface area (Å²) in [5.41, 5.74) is -0.0671. The Morgan fingerprint density at radius 2 is 2.21 bits per heavy atom. The zero-order valence-corrected chi connectivity index (χ0v) is 8.65. The van der Waals surface area contributed by atoms with Gasteiger partial charge in [-0.05, 0) is 22.0 Å². The summed E-state index contributed by atoms with van der Waals surface area (Å²) in [6.45, 7) is 0. The summed E-state index contributed by atoms with van der Waals surface area (Å²) in [7, 11) is 1.33. The standard InChI is InChI=1S/C8H5BrF2N2O/c1-14-7-4(9)2-3-6(5(7)10)12-13-8(3)11/h2H,1H3,(H,12,13). The number of hydrogen-bond acceptors (Lipinski definition) is 2. The molecule has 1 heterocycles. The van der Waals surface area contributed by atoms with Gasteiger partial charge in [-0.3, -0.25) is 5.10 Å². The van der Waals surface area contributed by atoms with E-state index in [2.05, 4.69) is 26.1 Å². The first-order chi connectivity index (χ1) is 6.65. The van der Waals surface area contributed by atoms with Gasteiger partial charge in [0.15, 0.2) is 11.6 Å². The number of nitrogens with one attached hydrogen (secondary N) is 1. The molecule has 0 fully saturated rings. The summed E-state index contributed by atoms with van der Waals surface area (Å²) in [5.74, 6) is -1.33. The highest BCUT2D eigenvalue weighted by Gasteiger charge is 2.17. The molecule has 6 heteroatoms. The van der Waals surface area contributed by atoms with Crippen LogP contribution in [0.15, 0.2) is 10.5 Å². The SMILES string of the molecule is COc1c(Br)cc2c(F)[nH]nc2c1F. The number of fused-ring (bicyclic) bond motifs is 1. The smallest absolute Gasteiger partial charge is 0.216 e. The third-order valence-electron chi connectivity index (χ3n) is 1.86. The molecule has 0 unspecified atom stereocenters. The lowest BCUT2D eigenvalue weighted by molar-refractivity contribution is 0.386. The van der Waals surface area contributed by atoms with Crippen LogP contribution in [0.4, 0.5) is 8.78 Å². The fourth-order valence-corrected chi connectivity index (χ4v) is 1.79. The van der Waals surface area contributed by atoms with Crippen LogP contribution >= 0.6 is 15.9 Å². The monoisotopic (exact) mass is 262 g/mol. The average Bonchev–Trinajstić information content (AvgIpc) is 2.49. The van der Waals surface area contributed by atoms with Crippen LogP contribution in [0.5, 0.6) is 5.75 Å². The molecule has 0 aliphatic carbocycles. The highest BCUT2D eigenvalue weighted by Crippen LogP contribution is 2.33. The highest BCUT2D eigenvalue weighted by atomic mass is 79.9. The van der Waals surface area contributed by atoms with Crippen molar-refractivity contribution in [1.82, 2.24) is 10.2 Å². The second-order valence-electron chi connectivity index (χ2n) is 2.64. The predicted octanol–water partition coefficient (Wildman–Crippen LogP) is 2.61. The van der Waals surface area contributed by atoms with Gasteiger partial charge in [-0.25, -0.2) is 4.39 Å². The summed E-state index contributed by atoms with van der Waals surface area (Å²) in [6, 6.07) is 1.41. The molecule has 2 rings (SSSR count). The number of ether oxygens (including phenoxy) is 1. The molecule has 1 aromatic heterocycles. The molecule has 0 aliphatic rings. The van der Waals surface area contributed by atoms with Crippen LogP contribution in [0.3, 0.4) is 0 Å². The van der Waals surface area contributed by atoms with Crippen molar-refractivity contribution in [3.8, 4) is 5.75 Å². The van der Waals surface area contributed by atoms with Gasteiger partial charge in [0, 0.05) is 0 Å². The van der Waals surface area contributed by atoms with Gasteiger partial charge in [-0.2, -0.15) is 9.49 Å². The normalized spacial score (nSPS) is 10.9. The van der Waals surface area contributed by atoms with E-state index in [0.29, 0.717) is 4.47 Å². The number of hydrogen-bond donors (Lipinski definition) is 1. The van der Waals surface area contributed by atoms with Gasteiger partial charge in [-0.15, -0.1) is 0 Å². The molecule has 0 saturated carbocycles. The van der Waals surface area contributed by atoms with Crippen LogP contribution in [0.25, 0.3) is 10.9 Å². The van der Waals surface area contributed by atoms with Crippen LogP contribution < -0.4 is 4.74 Å². The van der Waals surface area contributed by atoms with E-state index in [-0.39, 0.29) is 16.7 Å². The molecule has 0 aliphatic heterocycles. The molecule has 1 aromatic carbocycles. The minimum absolute atomic E-state index is 0.0176. The van der Waals surface area contributed by atoms with Gasteiger partial charge in [0.1, 0.15) is 5.52 Å². The number of methoxy groups -OCH3 is 1. The molecule has 2 aromatic rings. The largest absolute Gasteiger partial charge is 0.492 e. The molecule has 1 N–H and O–H groups in total. The van der Waals surface area contributed by atoms with Crippen LogP contribution in [-0.4, -0.2) is 17.3 Å². The molecule has 0 bridgehead atoms. The van der Waals surface area contributed by atoms with Crippen molar-refractivity contribution in [3.63, 3.8) is 0 Å². The van der Waals surface area contributed by atoms with Crippen LogP contribution in [0.2, 0.25) is 0 Å². The van der Waals surface area contributed by atoms with Crippen LogP contribution in [0, 0.1) is 11.8 Å². The Balaban J connectivity index is 2.87. The minimum Gasteiger partial charge on any atom is -0.492 e. The van der Waals surface area contributed by atoms with Crippen molar-refractivity contribution in [2.45, 2.75) is 0 Å². The Morgan fingerprint density at radius 3 is 2.86 bits per heavy atom.